The standard InChI is InChI=1S/C25H26N6O3/c1-33-20-9-5-17(6-10-20)25(32)29-19-4-3-13-31(16-19)23-15-27-22(14-26)24(30-23)28-18-7-11-21(34-2)12-8-18/h5-12,15,19H,3-4,13,16H2,1-2H3,(H,28,30)(H,29,32)/t19-/m1/s1. The van der Waals surface area contributed by atoms with Gasteiger partial charge in [-0.15, -0.1) is 0 Å². The molecule has 0 aliphatic carbocycles. The first-order valence-corrected chi connectivity index (χ1v) is 11.0. The topological polar surface area (TPSA) is 112 Å². The van der Waals surface area contributed by atoms with E-state index in [0.717, 1.165) is 30.8 Å². The molecule has 9 heteroatoms. The Hall–Kier alpha value is -4.32. The largest absolute Gasteiger partial charge is 0.497 e. The number of methoxy groups -OCH3 is 2. The number of nitriles is 1. The number of benzene rings is 2. The number of piperidine rings is 1. The van der Waals surface area contributed by atoms with Crippen LogP contribution in [0.3, 0.4) is 0 Å². The van der Waals surface area contributed by atoms with Crippen molar-refractivity contribution in [1.82, 2.24) is 15.3 Å². The van der Waals surface area contributed by atoms with E-state index < -0.39 is 0 Å². The fourth-order valence-corrected chi connectivity index (χ4v) is 3.83. The summed E-state index contributed by atoms with van der Waals surface area (Å²) in [5.74, 6) is 2.36. The second kappa shape index (κ2) is 10.5. The summed E-state index contributed by atoms with van der Waals surface area (Å²) < 4.78 is 10.3. The Bertz CT molecular complexity index is 1170. The minimum absolute atomic E-state index is 0.0289. The van der Waals surface area contributed by atoms with Crippen LogP contribution in [0.15, 0.2) is 54.7 Å². The number of rotatable bonds is 7. The normalized spacial score (nSPS) is 15.2. The molecule has 1 amide bonds. The Balaban J connectivity index is 1.45. The minimum Gasteiger partial charge on any atom is -0.497 e. The number of nitrogens with zero attached hydrogens (tertiary/aromatic N) is 4. The SMILES string of the molecule is COc1ccc(Nc2nc(N3CCC[C@@H](NC(=O)c4ccc(OC)cc4)C3)cnc2C#N)cc1. The van der Waals surface area contributed by atoms with Crippen molar-refractivity contribution in [2.75, 3.05) is 37.5 Å². The summed E-state index contributed by atoms with van der Waals surface area (Å²) in [6, 6.07) is 16.4. The van der Waals surface area contributed by atoms with Crippen LogP contribution in [0.5, 0.6) is 11.5 Å². The number of nitrogens with one attached hydrogen (secondary N) is 2. The first kappa shape index (κ1) is 22.9. The smallest absolute Gasteiger partial charge is 0.251 e. The van der Waals surface area contributed by atoms with Crippen LogP contribution >= 0.6 is 0 Å². The molecule has 1 aromatic heterocycles. The number of carbonyl (C=O) groups excluding carboxylic acids is 1. The van der Waals surface area contributed by atoms with Gasteiger partial charge in [0.25, 0.3) is 5.91 Å². The van der Waals surface area contributed by atoms with Crippen LogP contribution in [0.25, 0.3) is 0 Å². The van der Waals surface area contributed by atoms with E-state index in [1.165, 1.54) is 0 Å². The Kier molecular flexibility index (Phi) is 7.08. The summed E-state index contributed by atoms with van der Waals surface area (Å²) in [4.78, 5) is 23.7. The Labute approximate surface area is 198 Å². The van der Waals surface area contributed by atoms with Crippen molar-refractivity contribution >= 4 is 23.2 Å². The molecular formula is C25H26N6O3. The van der Waals surface area contributed by atoms with Crippen molar-refractivity contribution in [3.05, 3.63) is 66.0 Å². The summed E-state index contributed by atoms with van der Waals surface area (Å²) in [5, 5.41) is 15.8. The molecule has 0 unspecified atom stereocenters. The van der Waals surface area contributed by atoms with Crippen LogP contribution in [-0.4, -0.2) is 49.2 Å². The van der Waals surface area contributed by atoms with Gasteiger partial charge >= 0.3 is 0 Å². The molecule has 1 atom stereocenters. The summed E-state index contributed by atoms with van der Waals surface area (Å²) >= 11 is 0. The summed E-state index contributed by atoms with van der Waals surface area (Å²) in [5.41, 5.74) is 1.56. The van der Waals surface area contributed by atoms with Gasteiger partial charge in [0.2, 0.25) is 0 Å². The maximum absolute atomic E-state index is 12.7. The number of ether oxygens (including phenoxy) is 2. The third-order valence-corrected chi connectivity index (χ3v) is 5.65. The van der Waals surface area contributed by atoms with Gasteiger partial charge in [0.1, 0.15) is 23.4 Å². The Morgan fingerprint density at radius 2 is 1.76 bits per heavy atom. The number of carbonyl (C=O) groups is 1. The van der Waals surface area contributed by atoms with Gasteiger partial charge in [-0.1, -0.05) is 0 Å². The molecule has 1 aliphatic rings. The van der Waals surface area contributed by atoms with Gasteiger partial charge in [-0.2, -0.15) is 5.26 Å². The third-order valence-electron chi connectivity index (χ3n) is 5.65. The van der Waals surface area contributed by atoms with Crippen molar-refractivity contribution in [3.63, 3.8) is 0 Å². The number of hydrogen-bond donors (Lipinski definition) is 2. The van der Waals surface area contributed by atoms with E-state index in [9.17, 15) is 10.1 Å². The van der Waals surface area contributed by atoms with Gasteiger partial charge in [-0.3, -0.25) is 4.79 Å². The first-order valence-electron chi connectivity index (χ1n) is 11.0. The predicted molar refractivity (Wildman–Crippen MR) is 129 cm³/mol. The van der Waals surface area contributed by atoms with E-state index in [1.807, 2.05) is 24.3 Å². The molecule has 2 N–H and O–H groups in total. The van der Waals surface area contributed by atoms with Crippen molar-refractivity contribution in [1.29, 1.82) is 5.26 Å². The van der Waals surface area contributed by atoms with E-state index in [2.05, 4.69) is 31.6 Å². The highest BCUT2D eigenvalue weighted by Crippen LogP contribution is 2.24. The molecule has 1 fully saturated rings. The molecule has 2 heterocycles. The number of anilines is 3. The minimum atomic E-state index is -0.123. The van der Waals surface area contributed by atoms with Crippen LogP contribution in [0.1, 0.15) is 28.9 Å². The summed E-state index contributed by atoms with van der Waals surface area (Å²) in [6.07, 6.45) is 3.38. The summed E-state index contributed by atoms with van der Waals surface area (Å²) in [6.45, 7) is 1.39. The number of amides is 1. The molecule has 0 spiro atoms. The van der Waals surface area contributed by atoms with Gasteiger partial charge in [-0.05, 0) is 61.4 Å². The van der Waals surface area contributed by atoms with Crippen molar-refractivity contribution in [2.45, 2.75) is 18.9 Å². The fourth-order valence-electron chi connectivity index (χ4n) is 3.83. The zero-order valence-corrected chi connectivity index (χ0v) is 19.1. The van der Waals surface area contributed by atoms with E-state index in [0.29, 0.717) is 29.5 Å². The van der Waals surface area contributed by atoms with Crippen LogP contribution < -0.4 is 25.0 Å². The van der Waals surface area contributed by atoms with Gasteiger partial charge in [0, 0.05) is 30.4 Å². The maximum Gasteiger partial charge on any atom is 0.251 e. The lowest BCUT2D eigenvalue weighted by Gasteiger charge is -2.34. The van der Waals surface area contributed by atoms with Gasteiger partial charge in [0.05, 0.1) is 20.4 Å². The molecule has 0 saturated carbocycles. The molecule has 4 rings (SSSR count). The Morgan fingerprint density at radius 1 is 1.09 bits per heavy atom. The molecule has 1 aliphatic heterocycles. The van der Waals surface area contributed by atoms with E-state index >= 15 is 0 Å². The third kappa shape index (κ3) is 5.35. The monoisotopic (exact) mass is 458 g/mol. The van der Waals surface area contributed by atoms with Crippen LogP contribution in [0.2, 0.25) is 0 Å². The second-order valence-electron chi connectivity index (χ2n) is 7.88. The lowest BCUT2D eigenvalue weighted by Crippen LogP contribution is -2.48. The maximum atomic E-state index is 12.7. The molecule has 1 saturated heterocycles. The highest BCUT2D eigenvalue weighted by Gasteiger charge is 2.24. The molecular weight excluding hydrogens is 432 g/mol. The van der Waals surface area contributed by atoms with Crippen molar-refractivity contribution < 1.29 is 14.3 Å². The van der Waals surface area contributed by atoms with E-state index in [1.54, 1.807) is 44.7 Å². The van der Waals surface area contributed by atoms with Crippen LogP contribution in [0.4, 0.5) is 17.3 Å². The molecule has 9 nitrogen and oxygen atoms in total. The molecule has 0 radical (unpaired) electrons. The number of aromatic nitrogens is 2. The van der Waals surface area contributed by atoms with E-state index in [4.69, 9.17) is 9.47 Å². The fraction of sp³-hybridized carbons (Fsp3) is 0.280. The van der Waals surface area contributed by atoms with Gasteiger partial charge in [0.15, 0.2) is 11.5 Å². The van der Waals surface area contributed by atoms with Crippen LogP contribution in [0, 0.1) is 11.3 Å². The lowest BCUT2D eigenvalue weighted by atomic mass is 10.0. The quantitative estimate of drug-likeness (QED) is 0.553. The number of hydrogen-bond acceptors (Lipinski definition) is 8. The molecule has 34 heavy (non-hydrogen) atoms. The average molecular weight is 459 g/mol. The zero-order valence-electron chi connectivity index (χ0n) is 19.1. The lowest BCUT2D eigenvalue weighted by molar-refractivity contribution is 0.0933. The van der Waals surface area contributed by atoms with Gasteiger partial charge < -0.3 is 25.0 Å². The van der Waals surface area contributed by atoms with Crippen molar-refractivity contribution in [2.24, 2.45) is 0 Å². The van der Waals surface area contributed by atoms with Crippen molar-refractivity contribution in [3.8, 4) is 17.6 Å². The average Bonchev–Trinajstić information content (AvgIpc) is 2.89. The predicted octanol–water partition coefficient (Wildman–Crippen LogP) is 3.51. The van der Waals surface area contributed by atoms with Gasteiger partial charge in [-0.25, -0.2) is 9.97 Å². The second-order valence-corrected chi connectivity index (χ2v) is 7.88. The zero-order chi connectivity index (χ0) is 23.9. The first-order chi connectivity index (χ1) is 16.6. The highest BCUT2D eigenvalue weighted by molar-refractivity contribution is 5.94. The molecule has 3 aromatic rings. The molecule has 174 valence electrons. The highest BCUT2D eigenvalue weighted by atomic mass is 16.5. The van der Waals surface area contributed by atoms with E-state index in [-0.39, 0.29) is 17.6 Å². The van der Waals surface area contributed by atoms with Crippen LogP contribution in [-0.2, 0) is 0 Å². The molecule has 2 aromatic carbocycles. The Morgan fingerprint density at radius 3 is 2.41 bits per heavy atom. The molecule has 0 bridgehead atoms. The summed E-state index contributed by atoms with van der Waals surface area (Å²) in [7, 11) is 3.20.